The van der Waals surface area contributed by atoms with Gasteiger partial charge < -0.3 is 5.11 Å². The molecule has 12 heavy (non-hydrogen) atoms. The minimum absolute atomic E-state index is 0.223. The Morgan fingerprint density at radius 3 is 2.17 bits per heavy atom. The lowest BCUT2D eigenvalue weighted by atomic mass is 9.66. The van der Waals surface area contributed by atoms with Crippen LogP contribution >= 0.6 is 0 Å². The van der Waals surface area contributed by atoms with Gasteiger partial charge in [-0.15, -0.1) is 0 Å². The summed E-state index contributed by atoms with van der Waals surface area (Å²) in [4.78, 5) is 0. The molecule has 2 unspecified atom stereocenters. The lowest BCUT2D eigenvalue weighted by Gasteiger charge is -2.42. The summed E-state index contributed by atoms with van der Waals surface area (Å²) >= 11 is 0. The third kappa shape index (κ3) is 1.02. The summed E-state index contributed by atoms with van der Waals surface area (Å²) in [5, 5.41) is 10.3. The summed E-state index contributed by atoms with van der Waals surface area (Å²) in [5.74, 6) is 2.75. The second-order valence-corrected chi connectivity index (χ2v) is 5.48. The van der Waals surface area contributed by atoms with E-state index in [1.54, 1.807) is 0 Å². The monoisotopic (exact) mass is 166 g/mol. The zero-order valence-electron chi connectivity index (χ0n) is 7.63. The Bertz CT molecular complexity index is 185. The van der Waals surface area contributed by atoms with Crippen LogP contribution in [0.25, 0.3) is 0 Å². The van der Waals surface area contributed by atoms with E-state index in [-0.39, 0.29) is 5.60 Å². The average Bonchev–Trinajstić information content (AvgIpc) is 2.14. The highest BCUT2D eigenvalue weighted by molar-refractivity contribution is 4.98. The van der Waals surface area contributed by atoms with Crippen molar-refractivity contribution in [3.8, 4) is 0 Å². The Morgan fingerprint density at radius 2 is 1.50 bits per heavy atom. The third-order valence-electron chi connectivity index (χ3n) is 4.36. The number of fused-ring (bicyclic) bond motifs is 1. The van der Waals surface area contributed by atoms with Crippen LogP contribution in [0.3, 0.4) is 0 Å². The van der Waals surface area contributed by atoms with Crippen molar-refractivity contribution in [3.63, 3.8) is 0 Å². The minimum atomic E-state index is -0.223. The topological polar surface area (TPSA) is 20.2 Å². The zero-order chi connectivity index (χ0) is 8.18. The van der Waals surface area contributed by atoms with Gasteiger partial charge in [-0.3, -0.25) is 0 Å². The van der Waals surface area contributed by atoms with E-state index < -0.39 is 0 Å². The number of hydrogen-bond donors (Lipinski definition) is 1. The van der Waals surface area contributed by atoms with Gasteiger partial charge in [0.05, 0.1) is 5.60 Å². The second kappa shape index (κ2) is 2.25. The van der Waals surface area contributed by atoms with Crippen LogP contribution in [-0.4, -0.2) is 10.7 Å². The van der Waals surface area contributed by atoms with Crippen LogP contribution in [0.4, 0.5) is 0 Å². The Labute approximate surface area is 74.2 Å². The molecule has 0 aliphatic heterocycles. The summed E-state index contributed by atoms with van der Waals surface area (Å²) in [5.41, 5.74) is -0.223. The van der Waals surface area contributed by atoms with Gasteiger partial charge in [-0.2, -0.15) is 0 Å². The number of aliphatic hydroxyl groups is 1. The predicted octanol–water partition coefficient (Wildman–Crippen LogP) is 2.34. The van der Waals surface area contributed by atoms with Crippen LogP contribution in [0.5, 0.6) is 0 Å². The number of rotatable bonds is 0. The Balaban J connectivity index is 1.94. The molecule has 0 radical (unpaired) electrons. The van der Waals surface area contributed by atoms with Gasteiger partial charge in [-0.05, 0) is 62.7 Å². The molecule has 0 aromatic heterocycles. The Kier molecular flexibility index (Phi) is 1.39. The van der Waals surface area contributed by atoms with Crippen molar-refractivity contribution in [2.75, 3.05) is 0 Å². The summed E-state index contributed by atoms with van der Waals surface area (Å²) in [7, 11) is 0. The van der Waals surface area contributed by atoms with Gasteiger partial charge in [0.1, 0.15) is 0 Å². The summed E-state index contributed by atoms with van der Waals surface area (Å²) in [6, 6.07) is 0. The first-order valence-corrected chi connectivity index (χ1v) is 5.46. The van der Waals surface area contributed by atoms with E-state index in [1.807, 2.05) is 0 Å². The highest BCUT2D eigenvalue weighted by Gasteiger charge is 2.46. The van der Waals surface area contributed by atoms with Crippen molar-refractivity contribution in [3.05, 3.63) is 0 Å². The lowest BCUT2D eigenvalue weighted by molar-refractivity contribution is -0.0412. The van der Waals surface area contributed by atoms with E-state index in [0.29, 0.717) is 0 Å². The molecule has 4 bridgehead atoms. The van der Waals surface area contributed by atoms with Crippen LogP contribution in [0, 0.1) is 17.8 Å². The molecular weight excluding hydrogens is 148 g/mol. The molecular formula is C11H18O. The summed E-state index contributed by atoms with van der Waals surface area (Å²) in [6.45, 7) is 0. The van der Waals surface area contributed by atoms with Crippen molar-refractivity contribution in [2.45, 2.75) is 50.5 Å². The van der Waals surface area contributed by atoms with Crippen molar-refractivity contribution in [2.24, 2.45) is 17.8 Å². The lowest BCUT2D eigenvalue weighted by Crippen LogP contribution is -2.38. The fraction of sp³-hybridized carbons (Fsp3) is 1.00. The molecule has 1 heteroatoms. The first-order valence-electron chi connectivity index (χ1n) is 5.46. The first kappa shape index (κ1) is 7.37. The SMILES string of the molecule is OC12CCC3CC(CC(C3)C1)C2. The fourth-order valence-electron chi connectivity index (χ4n) is 4.11. The quantitative estimate of drug-likeness (QED) is 0.585. The smallest absolute Gasteiger partial charge is 0.0653 e. The predicted molar refractivity (Wildman–Crippen MR) is 47.7 cm³/mol. The standard InChI is InChI=1S/C11H18O/c12-11-2-1-8-3-9(6-11)5-10(4-8)7-11/h8-10,12H,1-7H2. The average molecular weight is 166 g/mol. The van der Waals surface area contributed by atoms with Gasteiger partial charge in [0.2, 0.25) is 0 Å². The minimum Gasteiger partial charge on any atom is -0.390 e. The number of hydrogen-bond acceptors (Lipinski definition) is 1. The van der Waals surface area contributed by atoms with E-state index in [9.17, 15) is 5.11 Å². The van der Waals surface area contributed by atoms with Gasteiger partial charge in [0.25, 0.3) is 0 Å². The van der Waals surface area contributed by atoms with Crippen LogP contribution < -0.4 is 0 Å². The molecule has 1 nitrogen and oxygen atoms in total. The van der Waals surface area contributed by atoms with E-state index >= 15 is 0 Å². The molecule has 0 saturated heterocycles. The molecule has 0 aromatic rings. The molecule has 0 spiro atoms. The van der Waals surface area contributed by atoms with E-state index in [4.69, 9.17) is 0 Å². The van der Waals surface area contributed by atoms with Crippen LogP contribution in [0.2, 0.25) is 0 Å². The van der Waals surface area contributed by atoms with Crippen molar-refractivity contribution in [1.82, 2.24) is 0 Å². The van der Waals surface area contributed by atoms with Gasteiger partial charge in [0.15, 0.2) is 0 Å². The maximum absolute atomic E-state index is 10.3. The van der Waals surface area contributed by atoms with E-state index in [1.165, 1.54) is 25.7 Å². The molecule has 68 valence electrons. The Hall–Kier alpha value is -0.0400. The third-order valence-corrected chi connectivity index (χ3v) is 4.36. The molecule has 4 saturated carbocycles. The van der Waals surface area contributed by atoms with Gasteiger partial charge in [-0.1, -0.05) is 0 Å². The van der Waals surface area contributed by atoms with Crippen molar-refractivity contribution < 1.29 is 5.11 Å². The second-order valence-electron chi connectivity index (χ2n) is 5.48. The van der Waals surface area contributed by atoms with E-state index in [2.05, 4.69) is 0 Å². The highest BCUT2D eigenvalue weighted by Crippen LogP contribution is 2.52. The zero-order valence-corrected chi connectivity index (χ0v) is 7.63. The first-order chi connectivity index (χ1) is 5.73. The van der Waals surface area contributed by atoms with Crippen molar-refractivity contribution >= 4 is 0 Å². The maximum atomic E-state index is 10.3. The largest absolute Gasteiger partial charge is 0.390 e. The highest BCUT2D eigenvalue weighted by atomic mass is 16.3. The molecule has 4 fully saturated rings. The summed E-state index contributed by atoms with van der Waals surface area (Å²) < 4.78 is 0. The molecule has 4 aliphatic carbocycles. The molecule has 2 atom stereocenters. The summed E-state index contributed by atoms with van der Waals surface area (Å²) in [6.07, 6.45) is 8.95. The van der Waals surface area contributed by atoms with Crippen molar-refractivity contribution in [1.29, 1.82) is 0 Å². The maximum Gasteiger partial charge on any atom is 0.0653 e. The molecule has 0 aromatic carbocycles. The normalized spacial score (nSPS) is 57.2. The van der Waals surface area contributed by atoms with Crippen LogP contribution in [-0.2, 0) is 0 Å². The molecule has 1 N–H and O–H groups in total. The fourth-order valence-corrected chi connectivity index (χ4v) is 4.11. The van der Waals surface area contributed by atoms with Crippen LogP contribution in [0.1, 0.15) is 44.9 Å². The van der Waals surface area contributed by atoms with Gasteiger partial charge in [0, 0.05) is 0 Å². The van der Waals surface area contributed by atoms with Gasteiger partial charge in [-0.25, -0.2) is 0 Å². The molecule has 4 aliphatic rings. The molecule has 0 heterocycles. The molecule has 4 rings (SSSR count). The Morgan fingerprint density at radius 1 is 0.917 bits per heavy atom. The van der Waals surface area contributed by atoms with Crippen LogP contribution in [0.15, 0.2) is 0 Å². The molecule has 0 amide bonds. The van der Waals surface area contributed by atoms with E-state index in [0.717, 1.165) is 37.0 Å². The van der Waals surface area contributed by atoms with Gasteiger partial charge >= 0.3 is 0 Å².